The molecule has 0 aliphatic heterocycles. The maximum Gasteiger partial charge on any atom is 0.328 e. The molecule has 1 rings (SSSR count). The Morgan fingerprint density at radius 2 is 1.95 bits per heavy atom. The number of carbonyl (C=O) groups excluding carboxylic acids is 1. The van der Waals surface area contributed by atoms with Crippen LogP contribution < -0.4 is 5.73 Å². The second-order valence-electron chi connectivity index (χ2n) is 4.59. The Labute approximate surface area is 118 Å². The molecule has 6 nitrogen and oxygen atoms in total. The summed E-state index contributed by atoms with van der Waals surface area (Å²) in [4.78, 5) is 24.0. The van der Waals surface area contributed by atoms with E-state index in [-0.39, 0.29) is 6.61 Å². The van der Waals surface area contributed by atoms with Crippen LogP contribution in [-0.4, -0.2) is 47.6 Å². The molecule has 2 atom stereocenters. The van der Waals surface area contributed by atoms with E-state index in [9.17, 15) is 9.59 Å². The summed E-state index contributed by atoms with van der Waals surface area (Å²) in [6, 6.07) is 7.61. The molecule has 0 heterocycles. The quantitative estimate of drug-likeness (QED) is 0.757. The molecule has 0 fully saturated rings. The lowest BCUT2D eigenvalue weighted by Gasteiger charge is -2.26. The number of carboxylic acids is 1. The topological polar surface area (TPSA) is 92.9 Å². The van der Waals surface area contributed by atoms with Crippen molar-refractivity contribution in [2.75, 3.05) is 13.7 Å². The lowest BCUT2D eigenvalue weighted by molar-refractivity contribution is -0.152. The number of ether oxygens (including phenoxy) is 1. The van der Waals surface area contributed by atoms with Gasteiger partial charge in [-0.15, -0.1) is 0 Å². The second-order valence-corrected chi connectivity index (χ2v) is 4.59. The monoisotopic (exact) mass is 280 g/mol. The number of amides is 1. The van der Waals surface area contributed by atoms with Crippen LogP contribution in [0.5, 0.6) is 0 Å². The first-order valence-corrected chi connectivity index (χ1v) is 6.30. The summed E-state index contributed by atoms with van der Waals surface area (Å²) in [5.41, 5.74) is 6.41. The van der Waals surface area contributed by atoms with Gasteiger partial charge in [-0.3, -0.25) is 4.79 Å². The molecule has 0 aromatic heterocycles. The molecule has 0 aliphatic rings. The zero-order valence-corrected chi connectivity index (χ0v) is 11.7. The van der Waals surface area contributed by atoms with E-state index < -0.39 is 24.0 Å². The first-order valence-electron chi connectivity index (χ1n) is 6.30. The largest absolute Gasteiger partial charge is 0.480 e. The van der Waals surface area contributed by atoms with E-state index >= 15 is 0 Å². The van der Waals surface area contributed by atoms with E-state index in [1.54, 1.807) is 0 Å². The summed E-state index contributed by atoms with van der Waals surface area (Å²) >= 11 is 0. The predicted octanol–water partition coefficient (Wildman–Crippen LogP) is 0.462. The minimum absolute atomic E-state index is 0.0841. The molecule has 0 bridgehead atoms. The predicted molar refractivity (Wildman–Crippen MR) is 73.9 cm³/mol. The van der Waals surface area contributed by atoms with Crippen LogP contribution in [-0.2, 0) is 20.9 Å². The highest BCUT2D eigenvalue weighted by Gasteiger charge is 2.28. The zero-order chi connectivity index (χ0) is 15.1. The van der Waals surface area contributed by atoms with Crippen molar-refractivity contribution in [2.45, 2.75) is 25.6 Å². The van der Waals surface area contributed by atoms with Crippen LogP contribution in [0.15, 0.2) is 30.3 Å². The molecule has 1 aromatic rings. The summed E-state index contributed by atoms with van der Waals surface area (Å²) in [5, 5.41) is 9.16. The third-order valence-corrected chi connectivity index (χ3v) is 2.88. The van der Waals surface area contributed by atoms with E-state index in [4.69, 9.17) is 15.6 Å². The van der Waals surface area contributed by atoms with Crippen molar-refractivity contribution < 1.29 is 19.4 Å². The highest BCUT2D eigenvalue weighted by atomic mass is 16.5. The molecule has 0 spiro atoms. The Balaban J connectivity index is 2.56. The third-order valence-electron chi connectivity index (χ3n) is 2.88. The van der Waals surface area contributed by atoms with E-state index in [1.165, 1.54) is 14.0 Å². The molecule has 6 heteroatoms. The van der Waals surface area contributed by atoms with Crippen LogP contribution in [0.25, 0.3) is 0 Å². The van der Waals surface area contributed by atoms with Crippen LogP contribution >= 0.6 is 0 Å². The number of nitrogens with zero attached hydrogens (tertiary/aromatic N) is 1. The maximum absolute atomic E-state index is 11.7. The van der Waals surface area contributed by atoms with Crippen molar-refractivity contribution in [1.29, 1.82) is 0 Å². The van der Waals surface area contributed by atoms with E-state index in [2.05, 4.69) is 0 Å². The lowest BCUT2D eigenvalue weighted by Crippen LogP contribution is -2.50. The Morgan fingerprint density at radius 1 is 1.35 bits per heavy atom. The summed E-state index contributed by atoms with van der Waals surface area (Å²) in [6.07, 6.45) is 0. The first kappa shape index (κ1) is 16.1. The van der Waals surface area contributed by atoms with Gasteiger partial charge < -0.3 is 20.5 Å². The Kier molecular flexibility index (Phi) is 6.14. The molecule has 0 saturated carbocycles. The van der Waals surface area contributed by atoms with Gasteiger partial charge in [0.15, 0.2) is 6.04 Å². The van der Waals surface area contributed by atoms with E-state index in [0.29, 0.717) is 6.61 Å². The van der Waals surface area contributed by atoms with Gasteiger partial charge in [0.25, 0.3) is 0 Å². The minimum Gasteiger partial charge on any atom is -0.480 e. The number of nitrogens with two attached hydrogens (primary N) is 1. The van der Waals surface area contributed by atoms with Crippen LogP contribution in [0.2, 0.25) is 0 Å². The average molecular weight is 280 g/mol. The van der Waals surface area contributed by atoms with Crippen molar-refractivity contribution in [3.8, 4) is 0 Å². The number of hydrogen-bond donors (Lipinski definition) is 2. The number of carboxylic acid groups (broad SMARTS) is 1. The van der Waals surface area contributed by atoms with Gasteiger partial charge in [0.05, 0.1) is 19.3 Å². The molecular weight excluding hydrogens is 260 g/mol. The Morgan fingerprint density at radius 3 is 2.45 bits per heavy atom. The molecule has 0 unspecified atom stereocenters. The fraction of sp³-hybridized carbons (Fsp3) is 0.429. The van der Waals surface area contributed by atoms with Crippen LogP contribution in [0.3, 0.4) is 0 Å². The van der Waals surface area contributed by atoms with Crippen LogP contribution in [0, 0.1) is 0 Å². The standard InChI is InChI=1S/C14H20N2O4/c1-10(15)13(17)16(2)12(14(18)19)9-20-8-11-6-4-3-5-7-11/h3-7,10,12H,8-9,15H2,1-2H3,(H,18,19)/t10-,12+/m1/s1. The molecule has 0 radical (unpaired) electrons. The Hall–Kier alpha value is -1.92. The van der Waals surface area contributed by atoms with E-state index in [0.717, 1.165) is 10.5 Å². The number of carbonyl (C=O) groups is 2. The first-order chi connectivity index (χ1) is 9.43. The summed E-state index contributed by atoms with van der Waals surface area (Å²) in [6.45, 7) is 1.73. The normalized spacial score (nSPS) is 13.6. The van der Waals surface area contributed by atoms with Crippen molar-refractivity contribution in [1.82, 2.24) is 4.90 Å². The lowest BCUT2D eigenvalue weighted by atomic mass is 10.2. The Bertz CT molecular complexity index is 448. The third kappa shape index (κ3) is 4.64. The van der Waals surface area contributed by atoms with Gasteiger partial charge in [0.2, 0.25) is 5.91 Å². The van der Waals surface area contributed by atoms with Gasteiger partial charge >= 0.3 is 5.97 Å². The minimum atomic E-state index is -1.12. The fourth-order valence-corrected chi connectivity index (χ4v) is 1.69. The molecule has 1 aromatic carbocycles. The molecule has 0 aliphatic carbocycles. The number of aliphatic carboxylic acids is 1. The maximum atomic E-state index is 11.7. The second kappa shape index (κ2) is 7.62. The van der Waals surface area contributed by atoms with Crippen molar-refractivity contribution in [2.24, 2.45) is 5.73 Å². The number of rotatable bonds is 7. The summed E-state index contributed by atoms with van der Waals surface area (Å²) < 4.78 is 5.38. The van der Waals surface area contributed by atoms with Crippen LogP contribution in [0.1, 0.15) is 12.5 Å². The molecule has 3 N–H and O–H groups in total. The van der Waals surface area contributed by atoms with Crippen LogP contribution in [0.4, 0.5) is 0 Å². The highest BCUT2D eigenvalue weighted by molar-refractivity contribution is 5.86. The number of benzene rings is 1. The molecule has 110 valence electrons. The van der Waals surface area contributed by atoms with Gasteiger partial charge in [-0.1, -0.05) is 30.3 Å². The molecule has 1 amide bonds. The molecule has 20 heavy (non-hydrogen) atoms. The van der Waals surface area contributed by atoms with E-state index in [1.807, 2.05) is 30.3 Å². The number of hydrogen-bond acceptors (Lipinski definition) is 4. The summed E-state index contributed by atoms with van der Waals surface area (Å²) in [7, 11) is 1.41. The van der Waals surface area contributed by atoms with Gasteiger partial charge in [-0.25, -0.2) is 4.79 Å². The van der Waals surface area contributed by atoms with Crippen molar-refractivity contribution in [3.05, 3.63) is 35.9 Å². The smallest absolute Gasteiger partial charge is 0.328 e. The number of likely N-dealkylation sites (N-methyl/N-ethyl adjacent to an activating group) is 1. The van der Waals surface area contributed by atoms with Gasteiger partial charge in [-0.2, -0.15) is 0 Å². The fourth-order valence-electron chi connectivity index (χ4n) is 1.69. The molecule has 0 saturated heterocycles. The SMILES string of the molecule is C[C@@H](N)C(=O)N(C)[C@@H](COCc1ccccc1)C(=O)O. The highest BCUT2D eigenvalue weighted by Crippen LogP contribution is 2.05. The van der Waals surface area contributed by atoms with Gasteiger partial charge in [-0.05, 0) is 12.5 Å². The average Bonchev–Trinajstić information content (AvgIpc) is 2.42. The van der Waals surface area contributed by atoms with Crippen molar-refractivity contribution >= 4 is 11.9 Å². The van der Waals surface area contributed by atoms with Gasteiger partial charge in [0.1, 0.15) is 0 Å². The zero-order valence-electron chi connectivity index (χ0n) is 11.7. The van der Waals surface area contributed by atoms with Gasteiger partial charge in [0, 0.05) is 7.05 Å². The van der Waals surface area contributed by atoms with Crippen molar-refractivity contribution in [3.63, 3.8) is 0 Å². The molecular formula is C14H20N2O4. The summed E-state index contributed by atoms with van der Waals surface area (Å²) in [5.74, 6) is -1.55.